The lowest BCUT2D eigenvalue weighted by molar-refractivity contribution is 0.576. The largest absolute Gasteiger partial charge is 0.456 e. The fourth-order valence-electron chi connectivity index (χ4n) is 8.08. The van der Waals surface area contributed by atoms with Crippen LogP contribution in [0.2, 0.25) is 0 Å². The number of rotatable bonds is 6. The third kappa shape index (κ3) is 9.61. The molecule has 1 aromatic heterocycles. The minimum atomic E-state index is 0.808. The van der Waals surface area contributed by atoms with Crippen molar-refractivity contribution in [1.29, 1.82) is 0 Å². The van der Waals surface area contributed by atoms with Crippen LogP contribution in [-0.2, 0) is 0 Å². The van der Waals surface area contributed by atoms with Gasteiger partial charge in [0.1, 0.15) is 11.0 Å². The Balaban J connectivity index is 0.00000135. The standard InChI is InChI=1S/C59H44O.C4H6/c1-3-5-19-42(4-2)49-35-37-59-57(40-49)55-36-34-48(47-33-32-45-31-30-44-22-14-13-21-43(44)20-9-6-7-10-23-46(45)38-47)39-50(24-11-8-12-29-58(55)60-59)56-41-51-25-15-16-26-52(51)53-27-17-18-28-54(53)56;1-3-4-2/h3-41H,1H2,2H3;3-4H,1-2H2/b7-6?,9-6+,10-7+,11-8?,12-8+,19-5-,20-9?,23-10?,24-11+,29-12?,31-30?,36-34?,42-4+,43-20-,44-30-,45-31-,46-23-,48-34+,48-39?,50-24?,50-39+,55-36-,58-29+;. The minimum absolute atomic E-state index is 0.808. The zero-order chi connectivity index (χ0) is 44.1. The van der Waals surface area contributed by atoms with Gasteiger partial charge >= 0.3 is 0 Å². The molecule has 1 heterocycles. The molecule has 0 amide bonds. The van der Waals surface area contributed by atoms with Gasteiger partial charge in [0.2, 0.25) is 0 Å². The van der Waals surface area contributed by atoms with Gasteiger partial charge in [-0.25, -0.2) is 0 Å². The minimum Gasteiger partial charge on any atom is -0.456 e. The fraction of sp³-hybridized carbons (Fsp3) is 0.0159. The molecule has 0 unspecified atom stereocenters. The summed E-state index contributed by atoms with van der Waals surface area (Å²) in [6.07, 6.45) is 45.8. The summed E-state index contributed by atoms with van der Waals surface area (Å²) in [5, 5.41) is 11.6. The Kier molecular flexibility index (Phi) is 13.6. The van der Waals surface area contributed by atoms with Crippen LogP contribution in [0.3, 0.4) is 0 Å². The molecule has 308 valence electrons. The van der Waals surface area contributed by atoms with Crippen LogP contribution in [0.1, 0.15) is 23.6 Å². The monoisotopic (exact) mass is 822 g/mol. The molecule has 6 aromatic carbocycles. The molecule has 0 saturated carbocycles. The second-order valence-electron chi connectivity index (χ2n) is 15.3. The van der Waals surface area contributed by atoms with Gasteiger partial charge in [0.05, 0.1) is 0 Å². The highest BCUT2D eigenvalue weighted by Crippen LogP contribution is 2.34. The average Bonchev–Trinajstić information content (AvgIpc) is 3.68. The van der Waals surface area contributed by atoms with Crippen molar-refractivity contribution >= 4 is 85.7 Å². The van der Waals surface area contributed by atoms with Crippen LogP contribution < -0.4 is 31.5 Å². The van der Waals surface area contributed by atoms with Gasteiger partial charge in [-0.15, -0.1) is 0 Å². The van der Waals surface area contributed by atoms with Crippen molar-refractivity contribution in [3.63, 3.8) is 0 Å². The molecular weight excluding hydrogens is 773 g/mol. The van der Waals surface area contributed by atoms with E-state index in [9.17, 15) is 0 Å². The highest BCUT2D eigenvalue weighted by atomic mass is 16.3. The van der Waals surface area contributed by atoms with Crippen LogP contribution >= 0.6 is 0 Å². The summed E-state index contributed by atoms with van der Waals surface area (Å²) in [6, 6.07) is 41.5. The molecule has 0 atom stereocenters. The van der Waals surface area contributed by atoms with E-state index in [1.807, 2.05) is 6.08 Å². The van der Waals surface area contributed by atoms with Crippen molar-refractivity contribution in [3.8, 4) is 0 Å². The van der Waals surface area contributed by atoms with E-state index in [1.54, 1.807) is 18.2 Å². The summed E-state index contributed by atoms with van der Waals surface area (Å²) in [7, 11) is 0. The van der Waals surface area contributed by atoms with Crippen molar-refractivity contribution in [2.24, 2.45) is 0 Å². The van der Waals surface area contributed by atoms with E-state index in [-0.39, 0.29) is 0 Å². The van der Waals surface area contributed by atoms with Gasteiger partial charge in [-0.05, 0) is 125 Å². The maximum Gasteiger partial charge on any atom is 0.135 e. The number of fused-ring (bicyclic) bond motifs is 8. The quantitative estimate of drug-likeness (QED) is 0.120. The Morgan fingerprint density at radius 2 is 1.17 bits per heavy atom. The zero-order valence-corrected chi connectivity index (χ0v) is 36.2. The molecule has 1 heteroatoms. The van der Waals surface area contributed by atoms with E-state index >= 15 is 0 Å². The first-order valence-electron chi connectivity index (χ1n) is 21.6. The van der Waals surface area contributed by atoms with Crippen molar-refractivity contribution < 1.29 is 4.42 Å². The summed E-state index contributed by atoms with van der Waals surface area (Å²) < 4.78 is 6.54. The van der Waals surface area contributed by atoms with E-state index in [4.69, 9.17) is 4.42 Å². The van der Waals surface area contributed by atoms with Crippen LogP contribution in [0.25, 0.3) is 85.7 Å². The highest BCUT2D eigenvalue weighted by molar-refractivity contribution is 6.13. The Hall–Kier alpha value is -8.26. The van der Waals surface area contributed by atoms with E-state index < -0.39 is 0 Å². The van der Waals surface area contributed by atoms with Gasteiger partial charge < -0.3 is 4.42 Å². The highest BCUT2D eigenvalue weighted by Gasteiger charge is 2.12. The molecule has 2 aliphatic carbocycles. The first-order valence-corrected chi connectivity index (χ1v) is 21.6. The predicted molar refractivity (Wildman–Crippen MR) is 281 cm³/mol. The number of furan rings is 1. The van der Waals surface area contributed by atoms with Crippen LogP contribution in [0.4, 0.5) is 0 Å². The predicted octanol–water partition coefficient (Wildman–Crippen LogP) is 12.0. The van der Waals surface area contributed by atoms with E-state index in [2.05, 4.69) is 251 Å². The lowest BCUT2D eigenvalue weighted by Crippen LogP contribution is -2.26. The van der Waals surface area contributed by atoms with Gasteiger partial charge in [0.15, 0.2) is 0 Å². The van der Waals surface area contributed by atoms with Crippen LogP contribution in [0.15, 0.2) is 237 Å². The van der Waals surface area contributed by atoms with Gasteiger partial charge in [-0.1, -0.05) is 226 Å². The second kappa shape index (κ2) is 20.5. The Morgan fingerprint density at radius 3 is 1.94 bits per heavy atom. The van der Waals surface area contributed by atoms with E-state index in [0.29, 0.717) is 0 Å². The van der Waals surface area contributed by atoms with Crippen molar-refractivity contribution in [1.82, 2.24) is 0 Å². The fourth-order valence-corrected chi connectivity index (χ4v) is 8.08. The molecular formula is C63H50O. The van der Waals surface area contributed by atoms with Gasteiger partial charge in [-0.3, -0.25) is 0 Å². The molecule has 0 bridgehead atoms. The Labute approximate surface area is 375 Å². The molecule has 0 aliphatic heterocycles. The smallest absolute Gasteiger partial charge is 0.135 e. The first-order chi connectivity index (χ1) is 31.6. The maximum atomic E-state index is 6.54. The molecule has 0 radical (unpaired) electrons. The topological polar surface area (TPSA) is 13.1 Å². The molecule has 0 fully saturated rings. The van der Waals surface area contributed by atoms with Crippen LogP contribution in [-0.4, -0.2) is 0 Å². The molecule has 2 aliphatic rings. The summed E-state index contributed by atoms with van der Waals surface area (Å²) in [6.45, 7) is 12.7. The van der Waals surface area contributed by atoms with Gasteiger partial charge in [0.25, 0.3) is 0 Å². The molecule has 0 spiro atoms. The summed E-state index contributed by atoms with van der Waals surface area (Å²) >= 11 is 0. The van der Waals surface area contributed by atoms with Crippen LogP contribution in [0.5, 0.6) is 0 Å². The number of benzene rings is 6. The second-order valence-corrected chi connectivity index (χ2v) is 15.3. The lowest BCUT2D eigenvalue weighted by Gasteiger charge is -2.13. The van der Waals surface area contributed by atoms with Crippen molar-refractivity contribution in [2.75, 3.05) is 0 Å². The summed E-state index contributed by atoms with van der Waals surface area (Å²) in [4.78, 5) is 0. The molecule has 7 aromatic rings. The van der Waals surface area contributed by atoms with Crippen molar-refractivity contribution in [2.45, 2.75) is 6.92 Å². The number of allylic oxidation sites excluding steroid dienone is 19. The van der Waals surface area contributed by atoms with Gasteiger partial charge in [0, 0.05) is 10.6 Å². The molecule has 1 nitrogen and oxygen atoms in total. The summed E-state index contributed by atoms with van der Waals surface area (Å²) in [5.41, 5.74) is 8.36. The third-order valence-corrected chi connectivity index (χ3v) is 11.3. The molecule has 0 saturated heterocycles. The van der Waals surface area contributed by atoms with Crippen molar-refractivity contribution in [3.05, 3.63) is 280 Å². The number of hydrogen-bond acceptors (Lipinski definition) is 1. The zero-order valence-electron chi connectivity index (χ0n) is 36.2. The Bertz CT molecular complexity index is 3590. The first kappa shape index (κ1) is 42.4. The molecule has 9 rings (SSSR count). The van der Waals surface area contributed by atoms with Crippen LogP contribution in [0, 0.1) is 0 Å². The van der Waals surface area contributed by atoms with E-state index in [0.717, 1.165) is 59.9 Å². The number of hydrogen-bond donors (Lipinski definition) is 0. The van der Waals surface area contributed by atoms with Gasteiger partial charge in [-0.2, -0.15) is 0 Å². The average molecular weight is 823 g/mol. The Morgan fingerprint density at radius 1 is 0.500 bits per heavy atom. The molecule has 64 heavy (non-hydrogen) atoms. The van der Waals surface area contributed by atoms with E-state index in [1.165, 1.54) is 37.5 Å². The molecule has 0 N–H and O–H groups in total. The normalized spacial score (nSPS) is 20.5. The lowest BCUT2D eigenvalue weighted by atomic mass is 9.90. The third-order valence-electron chi connectivity index (χ3n) is 11.3. The summed E-state index contributed by atoms with van der Waals surface area (Å²) in [5.74, 6) is 0. The maximum absolute atomic E-state index is 6.54. The SMILES string of the molecule is C=C/C=C\C(=C/C)c1ccc2oc3/c(c2c1)=C\C=C(c1ccc2/c(c1)=C\C=C\C=C\C=c1\cccc\c1=C\C=2)/C=C(c1cc2ccccc2c2ccccc12)\C=C\C=C\C=3.C=CC=C.